The first kappa shape index (κ1) is 32.2. The van der Waals surface area contributed by atoms with Crippen LogP contribution in [0.2, 0.25) is 0 Å². The Morgan fingerprint density at radius 2 is 1.51 bits per heavy atom. The van der Waals surface area contributed by atoms with E-state index in [1.807, 2.05) is 0 Å². The van der Waals surface area contributed by atoms with Crippen molar-refractivity contribution in [1.82, 2.24) is 4.90 Å². The summed E-state index contributed by atoms with van der Waals surface area (Å²) >= 11 is 3.18. The third-order valence-corrected chi connectivity index (χ3v) is 6.77. The van der Waals surface area contributed by atoms with Crippen molar-refractivity contribution >= 4 is 33.8 Å². The van der Waals surface area contributed by atoms with Gasteiger partial charge in [0.25, 0.3) is 0 Å². The number of anilines is 1. The second-order valence-corrected chi connectivity index (χ2v) is 9.84. The third-order valence-electron chi connectivity index (χ3n) is 6.44. The van der Waals surface area contributed by atoms with E-state index in [-0.39, 0.29) is 36.3 Å². The van der Waals surface area contributed by atoms with Gasteiger partial charge in [-0.25, -0.2) is 9.59 Å². The highest BCUT2D eigenvalue weighted by Crippen LogP contribution is 2.47. The lowest BCUT2D eigenvalue weighted by Crippen LogP contribution is -2.47. The standard InChI is InChI=1S/C26H27BrF6N2O6/c1-14-7-19(18-11-21(38-2)22(39-3)12-20(18)35(14)24(37)41-6-5-27)34(23(36)40-4)13-15-8-16(25(28,29)30)10-17(9-15)26(31,32)33/h8-12,14,19H,5-7,13H2,1-4H3. The second kappa shape index (κ2) is 12.7. The van der Waals surface area contributed by atoms with Crippen LogP contribution in [0.25, 0.3) is 0 Å². The van der Waals surface area contributed by atoms with Crippen molar-refractivity contribution in [3.05, 3.63) is 52.6 Å². The van der Waals surface area contributed by atoms with E-state index in [1.165, 1.54) is 31.3 Å². The molecule has 2 amide bonds. The van der Waals surface area contributed by atoms with E-state index in [0.717, 1.165) is 12.0 Å². The van der Waals surface area contributed by atoms with E-state index in [2.05, 4.69) is 15.9 Å². The van der Waals surface area contributed by atoms with Crippen molar-refractivity contribution in [3.63, 3.8) is 0 Å². The minimum absolute atomic E-state index is 0.0114. The molecule has 2 aromatic rings. The molecule has 15 heteroatoms. The molecule has 41 heavy (non-hydrogen) atoms. The first-order valence-corrected chi connectivity index (χ1v) is 13.2. The predicted octanol–water partition coefficient (Wildman–Crippen LogP) is 7.18. The molecular formula is C26H27BrF6N2O6. The zero-order chi connectivity index (χ0) is 30.7. The molecule has 0 aromatic heterocycles. The van der Waals surface area contributed by atoms with Crippen molar-refractivity contribution in [2.24, 2.45) is 0 Å². The van der Waals surface area contributed by atoms with Crippen molar-refractivity contribution in [3.8, 4) is 11.5 Å². The normalized spacial score (nSPS) is 17.0. The summed E-state index contributed by atoms with van der Waals surface area (Å²) in [5.41, 5.74) is -2.90. The van der Waals surface area contributed by atoms with Gasteiger partial charge < -0.3 is 18.9 Å². The van der Waals surface area contributed by atoms with Crippen LogP contribution in [0, 0.1) is 0 Å². The smallest absolute Gasteiger partial charge is 0.416 e. The van der Waals surface area contributed by atoms with Crippen molar-refractivity contribution in [2.45, 2.75) is 44.3 Å². The van der Waals surface area contributed by atoms with Gasteiger partial charge in [-0.2, -0.15) is 26.3 Å². The molecule has 2 atom stereocenters. The van der Waals surface area contributed by atoms with Crippen LogP contribution in [-0.2, 0) is 28.4 Å². The topological polar surface area (TPSA) is 77.5 Å². The number of nitrogens with zero attached hydrogens (tertiary/aromatic N) is 2. The number of halogens is 7. The molecule has 2 unspecified atom stereocenters. The molecule has 0 N–H and O–H groups in total. The first-order chi connectivity index (χ1) is 19.2. The van der Waals surface area contributed by atoms with Gasteiger partial charge in [-0.15, -0.1) is 0 Å². The summed E-state index contributed by atoms with van der Waals surface area (Å²) < 4.78 is 102. The van der Waals surface area contributed by atoms with Gasteiger partial charge >= 0.3 is 24.5 Å². The molecular weight excluding hydrogens is 630 g/mol. The molecule has 0 radical (unpaired) electrons. The molecule has 1 aliphatic heterocycles. The van der Waals surface area contributed by atoms with Gasteiger partial charge in [0.15, 0.2) is 11.5 Å². The highest BCUT2D eigenvalue weighted by molar-refractivity contribution is 9.09. The molecule has 0 aliphatic carbocycles. The van der Waals surface area contributed by atoms with Gasteiger partial charge in [-0.05, 0) is 43.2 Å². The number of benzene rings is 2. The summed E-state index contributed by atoms with van der Waals surface area (Å²) in [5, 5.41) is 0.370. The fourth-order valence-corrected chi connectivity index (χ4v) is 4.81. The summed E-state index contributed by atoms with van der Waals surface area (Å²) in [6, 6.07) is 2.49. The largest absolute Gasteiger partial charge is 0.493 e. The first-order valence-electron chi connectivity index (χ1n) is 12.1. The molecule has 8 nitrogen and oxygen atoms in total. The molecule has 0 spiro atoms. The van der Waals surface area contributed by atoms with Crippen LogP contribution >= 0.6 is 15.9 Å². The number of ether oxygens (including phenoxy) is 4. The number of hydrogen-bond donors (Lipinski definition) is 0. The van der Waals surface area contributed by atoms with Crippen molar-refractivity contribution in [2.75, 3.05) is 38.2 Å². The molecule has 2 aromatic carbocycles. The van der Waals surface area contributed by atoms with Gasteiger partial charge in [0, 0.05) is 29.5 Å². The van der Waals surface area contributed by atoms with E-state index in [9.17, 15) is 35.9 Å². The van der Waals surface area contributed by atoms with Gasteiger partial charge in [-0.1, -0.05) is 15.9 Å². The van der Waals surface area contributed by atoms with Crippen LogP contribution in [0.15, 0.2) is 30.3 Å². The lowest BCUT2D eigenvalue weighted by molar-refractivity contribution is -0.143. The Morgan fingerprint density at radius 1 is 0.951 bits per heavy atom. The number of carbonyl (C=O) groups is 2. The van der Waals surface area contributed by atoms with Gasteiger partial charge in [0.2, 0.25) is 0 Å². The molecule has 3 rings (SSSR count). The van der Waals surface area contributed by atoms with Crippen LogP contribution in [0.4, 0.5) is 41.6 Å². The molecule has 1 heterocycles. The third kappa shape index (κ3) is 7.11. The monoisotopic (exact) mass is 656 g/mol. The molecule has 0 fully saturated rings. The second-order valence-electron chi connectivity index (χ2n) is 9.05. The minimum atomic E-state index is -5.07. The molecule has 0 saturated heterocycles. The van der Waals surface area contributed by atoms with Crippen LogP contribution in [-0.4, -0.2) is 56.4 Å². The summed E-state index contributed by atoms with van der Waals surface area (Å²) in [6.07, 6.45) is -11.8. The number of carbonyl (C=O) groups excluding carboxylic acids is 2. The number of alkyl halides is 7. The van der Waals surface area contributed by atoms with E-state index < -0.39 is 59.9 Å². The lowest BCUT2D eigenvalue weighted by atomic mass is 9.90. The van der Waals surface area contributed by atoms with Crippen LogP contribution < -0.4 is 14.4 Å². The van der Waals surface area contributed by atoms with Crippen molar-refractivity contribution in [1.29, 1.82) is 0 Å². The Labute approximate surface area is 240 Å². The number of rotatable bonds is 7. The number of fused-ring (bicyclic) bond motifs is 1. The average Bonchev–Trinajstić information content (AvgIpc) is 2.91. The summed E-state index contributed by atoms with van der Waals surface area (Å²) in [6.45, 7) is 1.04. The average molecular weight is 657 g/mol. The van der Waals surface area contributed by atoms with Crippen LogP contribution in [0.5, 0.6) is 11.5 Å². The summed E-state index contributed by atoms with van der Waals surface area (Å²) in [7, 11) is 3.76. The SMILES string of the molecule is COC(=O)N(Cc1cc(C(F)(F)F)cc(C(F)(F)F)c1)C1CC(C)N(C(=O)OCCBr)c2cc(OC)c(OC)cc21. The van der Waals surface area contributed by atoms with Crippen molar-refractivity contribution < 1.29 is 54.9 Å². The van der Waals surface area contributed by atoms with E-state index in [0.29, 0.717) is 23.0 Å². The molecule has 0 saturated carbocycles. The number of amides is 2. The Balaban J connectivity index is 2.19. The zero-order valence-electron chi connectivity index (χ0n) is 22.4. The summed E-state index contributed by atoms with van der Waals surface area (Å²) in [4.78, 5) is 28.4. The minimum Gasteiger partial charge on any atom is -0.493 e. The van der Waals surface area contributed by atoms with E-state index in [4.69, 9.17) is 18.9 Å². The Hall–Kier alpha value is -3.36. The fraction of sp³-hybridized carbons (Fsp3) is 0.462. The van der Waals surface area contributed by atoms with Gasteiger partial charge in [0.05, 0.1) is 44.2 Å². The lowest BCUT2D eigenvalue weighted by Gasteiger charge is -2.42. The van der Waals surface area contributed by atoms with Crippen LogP contribution in [0.3, 0.4) is 0 Å². The Bertz CT molecular complexity index is 1240. The molecule has 226 valence electrons. The predicted molar refractivity (Wildman–Crippen MR) is 138 cm³/mol. The summed E-state index contributed by atoms with van der Waals surface area (Å²) in [5.74, 6) is 0.442. The number of hydrogen-bond acceptors (Lipinski definition) is 6. The van der Waals surface area contributed by atoms with Gasteiger partial charge in [-0.3, -0.25) is 9.80 Å². The maximum Gasteiger partial charge on any atom is 0.416 e. The zero-order valence-corrected chi connectivity index (χ0v) is 23.9. The van der Waals surface area contributed by atoms with Gasteiger partial charge in [0.1, 0.15) is 6.61 Å². The quantitative estimate of drug-likeness (QED) is 0.232. The highest BCUT2D eigenvalue weighted by Gasteiger charge is 2.41. The molecule has 1 aliphatic rings. The highest BCUT2D eigenvalue weighted by atomic mass is 79.9. The molecule has 0 bridgehead atoms. The van der Waals surface area contributed by atoms with Crippen LogP contribution in [0.1, 0.15) is 41.6 Å². The Morgan fingerprint density at radius 3 is 2.00 bits per heavy atom. The van der Waals surface area contributed by atoms with E-state index in [1.54, 1.807) is 6.92 Å². The maximum atomic E-state index is 13.5. The maximum absolute atomic E-state index is 13.5. The number of methoxy groups -OCH3 is 3. The fourth-order valence-electron chi connectivity index (χ4n) is 4.65. The Kier molecular flexibility index (Phi) is 9.93. The van der Waals surface area contributed by atoms with E-state index >= 15 is 0 Å².